The highest BCUT2D eigenvalue weighted by molar-refractivity contribution is 7.98. The number of piperidine rings is 1. The fraction of sp³-hybridized carbons (Fsp3) is 0.286. The molecule has 25 heavy (non-hydrogen) atoms. The summed E-state index contributed by atoms with van der Waals surface area (Å²) in [4.78, 5) is 15.1. The molecule has 1 fully saturated rings. The number of carboxylic acid groups (broad SMARTS) is 1. The number of nitrogens with zero attached hydrogens (tertiary/aromatic N) is 1. The number of likely N-dealkylation sites (tertiary alicyclic amines) is 1. The first kappa shape index (κ1) is 16.4. The first-order valence-corrected chi connectivity index (χ1v) is 9.61. The van der Waals surface area contributed by atoms with Gasteiger partial charge in [0.2, 0.25) is 0 Å². The second-order valence-corrected chi connectivity index (χ2v) is 7.76. The third-order valence-electron chi connectivity index (χ3n) is 5.11. The Morgan fingerprint density at radius 3 is 2.60 bits per heavy atom. The summed E-state index contributed by atoms with van der Waals surface area (Å²) in [5.74, 6) is 0.0600. The van der Waals surface area contributed by atoms with Crippen LogP contribution in [0.2, 0.25) is 0 Å². The zero-order chi connectivity index (χ0) is 17.4. The average Bonchev–Trinajstić information content (AvgIpc) is 2.79. The summed E-state index contributed by atoms with van der Waals surface area (Å²) in [6.07, 6.45) is 2.09. The number of thioether (sulfide) groups is 1. The number of hydrogen-bond acceptors (Lipinski definition) is 3. The van der Waals surface area contributed by atoms with Crippen LogP contribution in [-0.4, -0.2) is 36.1 Å². The Balaban J connectivity index is 1.95. The predicted octanol–water partition coefficient (Wildman–Crippen LogP) is 4.52. The van der Waals surface area contributed by atoms with Gasteiger partial charge in [-0.15, -0.1) is 11.8 Å². The molecular weight excluding hydrogens is 330 g/mol. The molecule has 0 atom stereocenters. The summed E-state index contributed by atoms with van der Waals surface area (Å²) in [5.41, 5.74) is 6.79. The first-order chi connectivity index (χ1) is 12.1. The number of benzene rings is 2. The van der Waals surface area contributed by atoms with E-state index in [1.807, 2.05) is 12.1 Å². The fourth-order valence-corrected chi connectivity index (χ4v) is 4.74. The van der Waals surface area contributed by atoms with E-state index in [9.17, 15) is 9.90 Å². The molecule has 2 aliphatic heterocycles. The van der Waals surface area contributed by atoms with Crippen LogP contribution in [0.1, 0.15) is 39.9 Å². The van der Waals surface area contributed by atoms with Gasteiger partial charge in [0.05, 0.1) is 5.56 Å². The monoisotopic (exact) mass is 351 g/mol. The third kappa shape index (κ3) is 3.12. The summed E-state index contributed by atoms with van der Waals surface area (Å²) in [5, 5.41) is 9.45. The van der Waals surface area contributed by atoms with Gasteiger partial charge in [0, 0.05) is 23.7 Å². The molecule has 0 aliphatic carbocycles. The standard InChI is InChI=1S/C21H21NO2S/c1-22-10-8-14(9-11-22)20-17-5-3-2-4-16(17)13-25-19-7-6-15(21(23)24)12-18(19)20/h2-7,12H,8-11,13H2,1H3,(H,23,24). The van der Waals surface area contributed by atoms with Crippen LogP contribution >= 0.6 is 11.8 Å². The minimum absolute atomic E-state index is 0.366. The Labute approximate surface area is 152 Å². The van der Waals surface area contributed by atoms with Crippen LogP contribution < -0.4 is 0 Å². The van der Waals surface area contributed by atoms with Gasteiger partial charge in [-0.1, -0.05) is 29.8 Å². The van der Waals surface area contributed by atoms with Crippen molar-refractivity contribution in [3.63, 3.8) is 0 Å². The number of carboxylic acids is 1. The van der Waals surface area contributed by atoms with Crippen molar-refractivity contribution in [1.29, 1.82) is 0 Å². The van der Waals surface area contributed by atoms with Crippen LogP contribution in [0.25, 0.3) is 5.57 Å². The van der Waals surface area contributed by atoms with Gasteiger partial charge in [-0.05, 0) is 60.4 Å². The minimum atomic E-state index is -0.863. The number of aromatic carboxylic acids is 1. The van der Waals surface area contributed by atoms with Gasteiger partial charge in [0.15, 0.2) is 0 Å². The maximum Gasteiger partial charge on any atom is 0.335 e. The SMILES string of the molecule is CN1CCC(=C2c3ccccc3CSc3ccc(C(=O)O)cc32)CC1. The maximum atomic E-state index is 11.5. The normalized spacial score (nSPS) is 17.6. The van der Waals surface area contributed by atoms with E-state index in [0.29, 0.717) is 5.56 Å². The lowest BCUT2D eigenvalue weighted by atomic mass is 9.86. The quantitative estimate of drug-likeness (QED) is 0.820. The molecule has 0 saturated carbocycles. The topological polar surface area (TPSA) is 40.5 Å². The maximum absolute atomic E-state index is 11.5. The summed E-state index contributed by atoms with van der Waals surface area (Å²) < 4.78 is 0. The molecule has 4 heteroatoms. The molecule has 2 aromatic carbocycles. The van der Waals surface area contributed by atoms with Crippen molar-refractivity contribution in [1.82, 2.24) is 4.90 Å². The average molecular weight is 351 g/mol. The summed E-state index contributed by atoms with van der Waals surface area (Å²) in [6, 6.07) is 14.1. The molecule has 128 valence electrons. The Kier molecular flexibility index (Phi) is 4.40. The second-order valence-electron chi connectivity index (χ2n) is 6.74. The predicted molar refractivity (Wildman–Crippen MR) is 102 cm³/mol. The van der Waals surface area contributed by atoms with Gasteiger partial charge in [0.25, 0.3) is 0 Å². The molecule has 0 bridgehead atoms. The van der Waals surface area contributed by atoms with Crippen LogP contribution in [0.15, 0.2) is 52.9 Å². The molecule has 1 N–H and O–H groups in total. The van der Waals surface area contributed by atoms with Crippen LogP contribution in [0.3, 0.4) is 0 Å². The van der Waals surface area contributed by atoms with Crippen LogP contribution in [0.4, 0.5) is 0 Å². The summed E-state index contributed by atoms with van der Waals surface area (Å²) in [7, 11) is 2.16. The number of fused-ring (bicyclic) bond motifs is 2. The first-order valence-electron chi connectivity index (χ1n) is 8.63. The van der Waals surface area contributed by atoms with Crippen molar-refractivity contribution in [2.75, 3.05) is 20.1 Å². The minimum Gasteiger partial charge on any atom is -0.478 e. The smallest absolute Gasteiger partial charge is 0.335 e. The third-order valence-corrected chi connectivity index (χ3v) is 6.23. The van der Waals surface area contributed by atoms with Gasteiger partial charge in [0.1, 0.15) is 0 Å². The molecule has 4 rings (SSSR count). The van der Waals surface area contributed by atoms with E-state index in [2.05, 4.69) is 36.2 Å². The highest BCUT2D eigenvalue weighted by Gasteiger charge is 2.24. The van der Waals surface area contributed by atoms with E-state index in [1.54, 1.807) is 17.8 Å². The number of rotatable bonds is 1. The molecule has 0 aromatic heterocycles. The Hall–Kier alpha value is -2.04. The van der Waals surface area contributed by atoms with E-state index >= 15 is 0 Å². The molecule has 0 unspecified atom stereocenters. The lowest BCUT2D eigenvalue weighted by Crippen LogP contribution is -2.27. The Bertz CT molecular complexity index is 862. The van der Waals surface area contributed by atoms with Crippen molar-refractivity contribution >= 4 is 23.3 Å². The molecule has 0 spiro atoms. The summed E-state index contributed by atoms with van der Waals surface area (Å²) >= 11 is 1.80. The zero-order valence-electron chi connectivity index (χ0n) is 14.3. The Morgan fingerprint density at radius 1 is 1.08 bits per heavy atom. The highest BCUT2D eigenvalue weighted by atomic mass is 32.2. The van der Waals surface area contributed by atoms with Crippen molar-refractivity contribution in [2.24, 2.45) is 0 Å². The van der Waals surface area contributed by atoms with Crippen molar-refractivity contribution in [2.45, 2.75) is 23.5 Å². The molecule has 0 amide bonds. The van der Waals surface area contributed by atoms with E-state index in [0.717, 1.165) is 37.2 Å². The lowest BCUT2D eigenvalue weighted by molar-refractivity contribution is 0.0697. The highest BCUT2D eigenvalue weighted by Crippen LogP contribution is 2.43. The zero-order valence-corrected chi connectivity index (χ0v) is 15.1. The molecular formula is C21H21NO2S. The van der Waals surface area contributed by atoms with Crippen LogP contribution in [-0.2, 0) is 5.75 Å². The van der Waals surface area contributed by atoms with Crippen molar-refractivity contribution in [3.8, 4) is 0 Å². The van der Waals surface area contributed by atoms with Gasteiger partial charge in [-0.25, -0.2) is 4.79 Å². The molecule has 3 nitrogen and oxygen atoms in total. The summed E-state index contributed by atoms with van der Waals surface area (Å²) in [6.45, 7) is 2.12. The largest absolute Gasteiger partial charge is 0.478 e. The van der Waals surface area contributed by atoms with E-state index in [4.69, 9.17) is 0 Å². The van der Waals surface area contributed by atoms with Crippen molar-refractivity contribution in [3.05, 3.63) is 70.3 Å². The van der Waals surface area contributed by atoms with Gasteiger partial charge in [-0.2, -0.15) is 0 Å². The molecule has 1 saturated heterocycles. The van der Waals surface area contributed by atoms with Crippen molar-refractivity contribution < 1.29 is 9.90 Å². The lowest BCUT2D eigenvalue weighted by Gasteiger charge is -2.27. The van der Waals surface area contributed by atoms with Gasteiger partial charge >= 0.3 is 5.97 Å². The van der Waals surface area contributed by atoms with E-state index in [-0.39, 0.29) is 0 Å². The molecule has 0 radical (unpaired) electrons. The van der Waals surface area contributed by atoms with Gasteiger partial charge in [-0.3, -0.25) is 0 Å². The number of carbonyl (C=O) groups is 1. The molecule has 2 aromatic rings. The number of hydrogen-bond donors (Lipinski definition) is 1. The fourth-order valence-electron chi connectivity index (χ4n) is 3.69. The molecule has 2 heterocycles. The molecule has 2 aliphatic rings. The van der Waals surface area contributed by atoms with Gasteiger partial charge < -0.3 is 10.0 Å². The van der Waals surface area contributed by atoms with E-state index < -0.39 is 5.97 Å². The van der Waals surface area contributed by atoms with E-state index in [1.165, 1.54) is 27.2 Å². The van der Waals surface area contributed by atoms with Crippen LogP contribution in [0, 0.1) is 0 Å². The van der Waals surface area contributed by atoms with Crippen LogP contribution in [0.5, 0.6) is 0 Å². The second kappa shape index (κ2) is 6.70. The Morgan fingerprint density at radius 2 is 1.84 bits per heavy atom.